The van der Waals surface area contributed by atoms with Crippen molar-refractivity contribution in [2.24, 2.45) is 4.99 Å². The topological polar surface area (TPSA) is 56.7 Å². The van der Waals surface area contributed by atoms with Crippen LogP contribution in [0.4, 0.5) is 0 Å². The van der Waals surface area contributed by atoms with Gasteiger partial charge in [-0.15, -0.1) is 0 Å². The minimum Gasteiger partial charge on any atom is -0.459 e. The zero-order valence-corrected chi connectivity index (χ0v) is 13.9. The number of para-hydroxylation sites is 1. The molecule has 5 nitrogen and oxygen atoms in total. The van der Waals surface area contributed by atoms with E-state index in [1.54, 1.807) is 12.1 Å². The summed E-state index contributed by atoms with van der Waals surface area (Å²) >= 11 is 1.50. The number of furan rings is 1. The second-order valence-corrected chi connectivity index (χ2v) is 6.06. The van der Waals surface area contributed by atoms with E-state index in [1.807, 2.05) is 23.6 Å². The molecule has 2 heterocycles. The number of ether oxygens (including phenoxy) is 1. The first-order valence-electron chi connectivity index (χ1n) is 7.50. The minimum absolute atomic E-state index is 0.246. The number of amides is 1. The van der Waals surface area contributed by atoms with Crippen molar-refractivity contribution in [1.29, 1.82) is 0 Å². The molecule has 6 heteroatoms. The van der Waals surface area contributed by atoms with Crippen LogP contribution in [0.2, 0.25) is 0 Å². The summed E-state index contributed by atoms with van der Waals surface area (Å²) < 4.78 is 13.7. The molecule has 3 rings (SSSR count). The molecule has 3 aromatic rings. The zero-order valence-electron chi connectivity index (χ0n) is 13.1. The molecule has 2 aromatic heterocycles. The molecule has 23 heavy (non-hydrogen) atoms. The Labute approximate surface area is 137 Å². The first-order valence-corrected chi connectivity index (χ1v) is 8.31. The van der Waals surface area contributed by atoms with Gasteiger partial charge in [0.2, 0.25) is 0 Å². The zero-order chi connectivity index (χ0) is 16.2. The van der Waals surface area contributed by atoms with Gasteiger partial charge in [-0.05, 0) is 37.6 Å². The standard InChI is InChI=1S/C17H18N2O3S/c1-3-21-11-9-19-15-12(2)6-4-8-14(15)23-17(19)18-16(20)13-7-5-10-22-13/h4-8,10H,3,9,11H2,1-2H3. The number of benzene rings is 1. The highest BCUT2D eigenvalue weighted by Crippen LogP contribution is 2.21. The Kier molecular flexibility index (Phi) is 4.73. The third-order valence-corrected chi connectivity index (χ3v) is 4.54. The van der Waals surface area contributed by atoms with Gasteiger partial charge < -0.3 is 13.7 Å². The fraction of sp³-hybridized carbons (Fsp3) is 0.294. The third-order valence-electron chi connectivity index (χ3n) is 3.50. The van der Waals surface area contributed by atoms with Gasteiger partial charge in [-0.1, -0.05) is 23.5 Å². The Morgan fingerprint density at radius 3 is 2.96 bits per heavy atom. The van der Waals surface area contributed by atoms with Crippen molar-refractivity contribution < 1.29 is 13.9 Å². The van der Waals surface area contributed by atoms with Gasteiger partial charge in [0.15, 0.2) is 10.6 Å². The summed E-state index contributed by atoms with van der Waals surface area (Å²) in [5, 5.41) is 0. The summed E-state index contributed by atoms with van der Waals surface area (Å²) in [5.74, 6) is -0.125. The molecule has 120 valence electrons. The van der Waals surface area contributed by atoms with Crippen molar-refractivity contribution in [1.82, 2.24) is 4.57 Å². The summed E-state index contributed by atoms with van der Waals surface area (Å²) in [6.45, 7) is 5.93. The average molecular weight is 330 g/mol. The minimum atomic E-state index is -0.371. The summed E-state index contributed by atoms with van der Waals surface area (Å²) in [6, 6.07) is 9.42. The normalized spacial score (nSPS) is 12.2. The number of hydrogen-bond donors (Lipinski definition) is 0. The van der Waals surface area contributed by atoms with Crippen LogP contribution in [0.3, 0.4) is 0 Å². The number of aromatic nitrogens is 1. The summed E-state index contributed by atoms with van der Waals surface area (Å²) in [5.41, 5.74) is 2.25. The van der Waals surface area contributed by atoms with E-state index in [9.17, 15) is 4.79 Å². The highest BCUT2D eigenvalue weighted by molar-refractivity contribution is 7.16. The van der Waals surface area contributed by atoms with E-state index in [4.69, 9.17) is 9.15 Å². The van der Waals surface area contributed by atoms with E-state index in [1.165, 1.54) is 17.6 Å². The van der Waals surface area contributed by atoms with E-state index in [0.29, 0.717) is 24.6 Å². The third kappa shape index (κ3) is 3.28. The van der Waals surface area contributed by atoms with Crippen LogP contribution in [0.5, 0.6) is 0 Å². The van der Waals surface area contributed by atoms with Gasteiger partial charge in [-0.2, -0.15) is 4.99 Å². The molecular weight excluding hydrogens is 312 g/mol. The number of carbonyl (C=O) groups is 1. The van der Waals surface area contributed by atoms with E-state index in [-0.39, 0.29) is 11.7 Å². The van der Waals surface area contributed by atoms with Crippen LogP contribution in [-0.2, 0) is 11.3 Å². The molecule has 0 saturated heterocycles. The van der Waals surface area contributed by atoms with Crippen molar-refractivity contribution >= 4 is 27.5 Å². The Bertz CT molecular complexity index is 875. The molecule has 0 unspecified atom stereocenters. The SMILES string of the molecule is CCOCCn1c(=NC(=O)c2ccco2)sc2cccc(C)c21. The molecule has 0 saturated carbocycles. The van der Waals surface area contributed by atoms with Crippen LogP contribution >= 0.6 is 11.3 Å². The van der Waals surface area contributed by atoms with Crippen LogP contribution in [0.25, 0.3) is 10.2 Å². The van der Waals surface area contributed by atoms with Gasteiger partial charge in [0.25, 0.3) is 0 Å². The molecule has 0 aliphatic rings. The van der Waals surface area contributed by atoms with E-state index < -0.39 is 0 Å². The quantitative estimate of drug-likeness (QED) is 0.674. The van der Waals surface area contributed by atoms with Crippen LogP contribution in [0.1, 0.15) is 23.0 Å². The molecule has 0 atom stereocenters. The molecule has 0 spiro atoms. The summed E-state index contributed by atoms with van der Waals surface area (Å²) in [6.07, 6.45) is 1.47. The lowest BCUT2D eigenvalue weighted by molar-refractivity contribution is 0.0970. The number of aryl methyl sites for hydroxylation is 1. The highest BCUT2D eigenvalue weighted by Gasteiger charge is 2.12. The number of hydrogen-bond acceptors (Lipinski definition) is 4. The molecule has 0 N–H and O–H groups in total. The molecular formula is C17H18N2O3S. The summed E-state index contributed by atoms with van der Waals surface area (Å²) in [7, 11) is 0. The fourth-order valence-corrected chi connectivity index (χ4v) is 3.57. The Morgan fingerprint density at radius 2 is 2.22 bits per heavy atom. The number of carbonyl (C=O) groups excluding carboxylic acids is 1. The predicted molar refractivity (Wildman–Crippen MR) is 89.6 cm³/mol. The van der Waals surface area contributed by atoms with Crippen LogP contribution < -0.4 is 4.80 Å². The highest BCUT2D eigenvalue weighted by atomic mass is 32.1. The number of fused-ring (bicyclic) bond motifs is 1. The molecule has 0 bridgehead atoms. The second kappa shape index (κ2) is 6.93. The summed E-state index contributed by atoms with van der Waals surface area (Å²) in [4.78, 5) is 17.1. The van der Waals surface area contributed by atoms with E-state index >= 15 is 0 Å². The monoisotopic (exact) mass is 330 g/mol. The van der Waals surface area contributed by atoms with Gasteiger partial charge in [0.1, 0.15) is 0 Å². The van der Waals surface area contributed by atoms with E-state index in [0.717, 1.165) is 15.8 Å². The van der Waals surface area contributed by atoms with Crippen molar-refractivity contribution in [2.45, 2.75) is 20.4 Å². The van der Waals surface area contributed by atoms with Crippen molar-refractivity contribution in [3.63, 3.8) is 0 Å². The number of nitrogens with zero attached hydrogens (tertiary/aromatic N) is 2. The Hall–Kier alpha value is -2.18. The Balaban J connectivity index is 2.09. The van der Waals surface area contributed by atoms with Crippen molar-refractivity contribution in [2.75, 3.05) is 13.2 Å². The second-order valence-electron chi connectivity index (χ2n) is 5.05. The van der Waals surface area contributed by atoms with Gasteiger partial charge in [-0.3, -0.25) is 4.79 Å². The predicted octanol–water partition coefficient (Wildman–Crippen LogP) is 3.38. The van der Waals surface area contributed by atoms with Crippen LogP contribution in [0.15, 0.2) is 46.0 Å². The lowest BCUT2D eigenvalue weighted by atomic mass is 10.2. The van der Waals surface area contributed by atoms with Crippen LogP contribution in [-0.4, -0.2) is 23.7 Å². The van der Waals surface area contributed by atoms with Crippen molar-refractivity contribution in [3.8, 4) is 0 Å². The van der Waals surface area contributed by atoms with Gasteiger partial charge in [-0.25, -0.2) is 0 Å². The first-order chi connectivity index (χ1) is 11.2. The number of rotatable bonds is 5. The van der Waals surface area contributed by atoms with Crippen molar-refractivity contribution in [3.05, 3.63) is 52.7 Å². The van der Waals surface area contributed by atoms with Gasteiger partial charge in [0, 0.05) is 13.2 Å². The lowest BCUT2D eigenvalue weighted by Gasteiger charge is -2.07. The first kappa shape index (κ1) is 15.7. The Morgan fingerprint density at radius 1 is 1.35 bits per heavy atom. The smallest absolute Gasteiger partial charge is 0.315 e. The average Bonchev–Trinajstić information content (AvgIpc) is 3.17. The maximum Gasteiger partial charge on any atom is 0.315 e. The molecule has 0 fully saturated rings. The van der Waals surface area contributed by atoms with Gasteiger partial charge in [0.05, 0.1) is 23.1 Å². The molecule has 0 radical (unpaired) electrons. The maximum absolute atomic E-state index is 12.2. The maximum atomic E-state index is 12.2. The fourth-order valence-electron chi connectivity index (χ4n) is 2.44. The molecule has 0 aliphatic carbocycles. The molecule has 0 aliphatic heterocycles. The largest absolute Gasteiger partial charge is 0.459 e. The molecule has 1 amide bonds. The van der Waals surface area contributed by atoms with Gasteiger partial charge >= 0.3 is 5.91 Å². The molecule has 1 aromatic carbocycles. The number of thiazole rings is 1. The van der Waals surface area contributed by atoms with Crippen LogP contribution in [0, 0.1) is 6.92 Å². The lowest BCUT2D eigenvalue weighted by Crippen LogP contribution is -2.20. The van der Waals surface area contributed by atoms with E-state index in [2.05, 4.69) is 18.0 Å².